The Bertz CT molecular complexity index is 750. The predicted octanol–water partition coefficient (Wildman–Crippen LogP) is 5.70. The molecule has 0 saturated heterocycles. The largest absolute Gasteiger partial charge is 0.465 e. The lowest BCUT2D eigenvalue weighted by molar-refractivity contribution is -0.145. The van der Waals surface area contributed by atoms with Crippen molar-refractivity contribution in [1.29, 1.82) is 0 Å². The number of amides is 2. The molecule has 1 N–H and O–H groups in total. The Labute approximate surface area is 266 Å². The SMILES string of the molecule is CC(C)COC(=O)CCOCCCCCOCCN(COCCCCCOCCNC(=O)OC(C)(C)C)C(=O)OC(C)(C)C. The smallest absolute Gasteiger partial charge is 0.412 e. The van der Waals surface area contributed by atoms with Gasteiger partial charge in [-0.1, -0.05) is 13.8 Å². The van der Waals surface area contributed by atoms with Gasteiger partial charge in [0.1, 0.15) is 17.9 Å². The summed E-state index contributed by atoms with van der Waals surface area (Å²) in [4.78, 5) is 37.3. The van der Waals surface area contributed by atoms with Crippen LogP contribution in [0.4, 0.5) is 9.59 Å². The first kappa shape index (κ1) is 41.9. The highest BCUT2D eigenvalue weighted by atomic mass is 16.6. The van der Waals surface area contributed by atoms with Crippen LogP contribution in [-0.2, 0) is 38.0 Å². The van der Waals surface area contributed by atoms with Gasteiger partial charge in [0.15, 0.2) is 0 Å². The highest BCUT2D eigenvalue weighted by Gasteiger charge is 2.22. The van der Waals surface area contributed by atoms with Crippen molar-refractivity contribution in [2.45, 2.75) is 112 Å². The van der Waals surface area contributed by atoms with E-state index in [9.17, 15) is 14.4 Å². The van der Waals surface area contributed by atoms with Gasteiger partial charge in [0.25, 0.3) is 0 Å². The molecule has 0 aliphatic heterocycles. The number of carbonyl (C=O) groups is 3. The molecule has 0 radical (unpaired) electrons. The van der Waals surface area contributed by atoms with E-state index < -0.39 is 23.4 Å². The highest BCUT2D eigenvalue weighted by Crippen LogP contribution is 2.11. The van der Waals surface area contributed by atoms with Crippen LogP contribution < -0.4 is 5.32 Å². The van der Waals surface area contributed by atoms with Gasteiger partial charge in [-0.05, 0) is 86.0 Å². The Balaban J connectivity index is 3.94. The highest BCUT2D eigenvalue weighted by molar-refractivity contribution is 5.69. The van der Waals surface area contributed by atoms with Crippen LogP contribution in [-0.4, -0.2) is 107 Å². The van der Waals surface area contributed by atoms with Crippen molar-refractivity contribution in [3.63, 3.8) is 0 Å². The van der Waals surface area contributed by atoms with Crippen LogP contribution in [0.3, 0.4) is 0 Å². The maximum absolute atomic E-state index is 12.6. The number of hydrogen-bond donors (Lipinski definition) is 1. The Hall–Kier alpha value is -2.15. The fourth-order valence-electron chi connectivity index (χ4n) is 3.39. The maximum atomic E-state index is 12.6. The predicted molar refractivity (Wildman–Crippen MR) is 169 cm³/mol. The summed E-state index contributed by atoms with van der Waals surface area (Å²) < 4.78 is 38.3. The number of hydrogen-bond acceptors (Lipinski definition) is 10. The molecule has 0 fully saturated rings. The molecule has 0 spiro atoms. The number of rotatable bonds is 25. The summed E-state index contributed by atoms with van der Waals surface area (Å²) in [5, 5.41) is 2.66. The van der Waals surface area contributed by atoms with E-state index >= 15 is 0 Å². The van der Waals surface area contributed by atoms with E-state index in [0.717, 1.165) is 38.5 Å². The monoisotopic (exact) mass is 634 g/mol. The van der Waals surface area contributed by atoms with Crippen LogP contribution in [0.2, 0.25) is 0 Å². The van der Waals surface area contributed by atoms with Crippen molar-refractivity contribution in [1.82, 2.24) is 10.2 Å². The summed E-state index contributed by atoms with van der Waals surface area (Å²) in [6.45, 7) is 19.8. The third kappa shape index (κ3) is 29.9. The zero-order valence-corrected chi connectivity index (χ0v) is 28.8. The Kier molecular flexibility index (Phi) is 23.9. The topological polar surface area (TPSA) is 131 Å². The Morgan fingerprint density at radius 1 is 0.659 bits per heavy atom. The molecule has 0 aliphatic rings. The lowest BCUT2D eigenvalue weighted by Crippen LogP contribution is -2.40. The van der Waals surface area contributed by atoms with Crippen molar-refractivity contribution in [3.05, 3.63) is 0 Å². The van der Waals surface area contributed by atoms with E-state index in [1.807, 2.05) is 55.4 Å². The van der Waals surface area contributed by atoms with Gasteiger partial charge in [0.2, 0.25) is 0 Å². The average molecular weight is 635 g/mol. The Morgan fingerprint density at radius 2 is 1.18 bits per heavy atom. The third-order valence-corrected chi connectivity index (χ3v) is 5.50. The average Bonchev–Trinajstić information content (AvgIpc) is 2.90. The maximum Gasteiger partial charge on any atom is 0.412 e. The number of nitrogens with one attached hydrogen (secondary N) is 1. The molecule has 12 heteroatoms. The first-order valence-electron chi connectivity index (χ1n) is 16.1. The molecule has 0 rings (SSSR count). The third-order valence-electron chi connectivity index (χ3n) is 5.50. The van der Waals surface area contributed by atoms with Crippen molar-refractivity contribution in [2.75, 3.05) is 72.7 Å². The standard InChI is InChI=1S/C32H62N2O10/c1-27(2)25-42-28(35)15-22-38-18-11-9-13-20-40-24-17-34(30(37)44-32(6,7)8)26-41-21-14-10-12-19-39-23-16-33-29(36)43-31(3,4)5/h27H,9-26H2,1-8H3,(H,33,36). The van der Waals surface area contributed by atoms with Gasteiger partial charge in [-0.3, -0.25) is 9.69 Å². The van der Waals surface area contributed by atoms with Crippen molar-refractivity contribution < 1.29 is 47.5 Å². The zero-order chi connectivity index (χ0) is 33.3. The quantitative estimate of drug-likeness (QED) is 0.0577. The number of alkyl carbamates (subject to hydrolysis) is 1. The summed E-state index contributed by atoms with van der Waals surface area (Å²) in [6, 6.07) is 0. The van der Waals surface area contributed by atoms with Gasteiger partial charge >= 0.3 is 18.2 Å². The van der Waals surface area contributed by atoms with Gasteiger partial charge in [-0.2, -0.15) is 0 Å². The zero-order valence-electron chi connectivity index (χ0n) is 28.8. The number of ether oxygens (including phenoxy) is 7. The molecule has 0 atom stereocenters. The second kappa shape index (κ2) is 25.1. The van der Waals surface area contributed by atoms with E-state index in [4.69, 9.17) is 33.2 Å². The lowest BCUT2D eigenvalue weighted by atomic mass is 10.2. The fourth-order valence-corrected chi connectivity index (χ4v) is 3.39. The summed E-state index contributed by atoms with van der Waals surface area (Å²) in [5.41, 5.74) is -1.12. The van der Waals surface area contributed by atoms with E-state index in [2.05, 4.69) is 5.32 Å². The molecule has 0 aliphatic carbocycles. The lowest BCUT2D eigenvalue weighted by Gasteiger charge is -2.27. The second-order valence-corrected chi connectivity index (χ2v) is 13.0. The van der Waals surface area contributed by atoms with Gasteiger partial charge < -0.3 is 38.5 Å². The minimum absolute atomic E-state index is 0.132. The minimum atomic E-state index is -0.602. The van der Waals surface area contributed by atoms with E-state index in [1.54, 1.807) is 0 Å². The molecule has 12 nitrogen and oxygen atoms in total. The first-order chi connectivity index (χ1) is 20.7. The molecular formula is C32H62N2O10. The summed E-state index contributed by atoms with van der Waals surface area (Å²) in [7, 11) is 0. The van der Waals surface area contributed by atoms with E-state index in [1.165, 1.54) is 4.90 Å². The molecule has 0 aromatic rings. The molecule has 0 aromatic carbocycles. The number of unbranched alkanes of at least 4 members (excludes halogenated alkanes) is 4. The summed E-state index contributed by atoms with van der Waals surface area (Å²) in [5.74, 6) is 0.112. The molecule has 0 saturated carbocycles. The number of carbonyl (C=O) groups excluding carboxylic acids is 3. The summed E-state index contributed by atoms with van der Waals surface area (Å²) >= 11 is 0. The van der Waals surface area contributed by atoms with Crippen LogP contribution >= 0.6 is 0 Å². The van der Waals surface area contributed by atoms with Crippen LogP contribution in [0.1, 0.15) is 100 Å². The fraction of sp³-hybridized carbons (Fsp3) is 0.906. The van der Waals surface area contributed by atoms with Crippen molar-refractivity contribution in [2.24, 2.45) is 5.92 Å². The van der Waals surface area contributed by atoms with Crippen LogP contribution in [0.15, 0.2) is 0 Å². The van der Waals surface area contributed by atoms with Crippen LogP contribution in [0, 0.1) is 5.92 Å². The Morgan fingerprint density at radius 3 is 1.73 bits per heavy atom. The number of esters is 1. The van der Waals surface area contributed by atoms with E-state index in [0.29, 0.717) is 71.9 Å². The first-order valence-corrected chi connectivity index (χ1v) is 16.1. The van der Waals surface area contributed by atoms with E-state index in [-0.39, 0.29) is 19.1 Å². The minimum Gasteiger partial charge on any atom is -0.465 e. The molecule has 0 heterocycles. The van der Waals surface area contributed by atoms with Crippen LogP contribution in [0.25, 0.3) is 0 Å². The van der Waals surface area contributed by atoms with Crippen molar-refractivity contribution >= 4 is 18.2 Å². The second-order valence-electron chi connectivity index (χ2n) is 13.0. The van der Waals surface area contributed by atoms with Gasteiger partial charge in [0, 0.05) is 39.5 Å². The summed E-state index contributed by atoms with van der Waals surface area (Å²) in [6.07, 6.45) is 4.75. The van der Waals surface area contributed by atoms with Crippen molar-refractivity contribution in [3.8, 4) is 0 Å². The molecule has 44 heavy (non-hydrogen) atoms. The molecule has 0 aromatic heterocycles. The molecule has 0 unspecified atom stereocenters. The van der Waals surface area contributed by atoms with Gasteiger partial charge in [0.05, 0.1) is 32.8 Å². The van der Waals surface area contributed by atoms with Crippen LogP contribution in [0.5, 0.6) is 0 Å². The molecule has 260 valence electrons. The molecule has 0 bridgehead atoms. The number of nitrogens with zero attached hydrogens (tertiary/aromatic N) is 1. The van der Waals surface area contributed by atoms with Gasteiger partial charge in [-0.25, -0.2) is 9.59 Å². The molecular weight excluding hydrogens is 572 g/mol. The normalized spacial score (nSPS) is 11.8. The molecule has 2 amide bonds. The van der Waals surface area contributed by atoms with Gasteiger partial charge in [-0.15, -0.1) is 0 Å².